The summed E-state index contributed by atoms with van der Waals surface area (Å²) in [5.41, 5.74) is 1.94. The van der Waals surface area contributed by atoms with Gasteiger partial charge in [0.05, 0.1) is 17.3 Å². The number of hydrogen-bond donors (Lipinski definition) is 1. The summed E-state index contributed by atoms with van der Waals surface area (Å²) in [5, 5.41) is 3.02. The van der Waals surface area contributed by atoms with E-state index in [4.69, 9.17) is 0 Å². The molecule has 1 saturated heterocycles. The van der Waals surface area contributed by atoms with Crippen molar-refractivity contribution in [2.75, 3.05) is 25.5 Å². The molecule has 2 aliphatic rings. The smallest absolute Gasteiger partial charge is 0.231 e. The normalized spacial score (nSPS) is 21.1. The molecule has 1 fully saturated rings. The summed E-state index contributed by atoms with van der Waals surface area (Å²) in [5.74, 6) is 0.186. The molecule has 4 nitrogen and oxygen atoms in total. The molecule has 19 heavy (non-hydrogen) atoms. The monoisotopic (exact) mass is 261 g/mol. The first-order chi connectivity index (χ1) is 9.20. The van der Waals surface area contributed by atoms with E-state index in [1.54, 1.807) is 12.4 Å². The summed E-state index contributed by atoms with van der Waals surface area (Å²) >= 11 is 0. The lowest BCUT2D eigenvalue weighted by atomic mass is 9.71. The Balaban J connectivity index is 0.000000637. The zero-order valence-electron chi connectivity index (χ0n) is 12.1. The van der Waals surface area contributed by atoms with E-state index in [-0.39, 0.29) is 11.3 Å². The Bertz CT molecular complexity index is 450. The van der Waals surface area contributed by atoms with Crippen molar-refractivity contribution in [2.45, 2.75) is 33.1 Å². The molecule has 1 aromatic rings. The number of carbonyl (C=O) groups is 1. The standard InChI is InChI=1S/C13H17N3O.C2H6/c1-16-6-3-13(4-7-16)8-10-2-5-14-9-11(10)15-12(13)17;1-2/h2,5,9H,3-4,6-8H2,1H3,(H,15,17);1-2H3. The summed E-state index contributed by atoms with van der Waals surface area (Å²) < 4.78 is 0. The van der Waals surface area contributed by atoms with E-state index in [2.05, 4.69) is 22.2 Å². The summed E-state index contributed by atoms with van der Waals surface area (Å²) in [6.07, 6.45) is 6.33. The van der Waals surface area contributed by atoms with E-state index in [1.807, 2.05) is 19.9 Å². The molecule has 1 aromatic heterocycles. The molecule has 3 heterocycles. The van der Waals surface area contributed by atoms with Crippen LogP contribution >= 0.6 is 0 Å². The molecule has 0 saturated carbocycles. The van der Waals surface area contributed by atoms with Gasteiger partial charge < -0.3 is 10.2 Å². The number of likely N-dealkylation sites (tertiary alicyclic amines) is 1. The van der Waals surface area contributed by atoms with Crippen molar-refractivity contribution in [3.05, 3.63) is 24.0 Å². The average molecular weight is 261 g/mol. The van der Waals surface area contributed by atoms with Gasteiger partial charge in [0.25, 0.3) is 0 Å². The van der Waals surface area contributed by atoms with Gasteiger partial charge in [0.15, 0.2) is 0 Å². The van der Waals surface area contributed by atoms with Crippen molar-refractivity contribution in [3.63, 3.8) is 0 Å². The average Bonchev–Trinajstić information content (AvgIpc) is 2.45. The van der Waals surface area contributed by atoms with Crippen LogP contribution in [0.1, 0.15) is 32.3 Å². The van der Waals surface area contributed by atoms with Crippen LogP contribution in [-0.4, -0.2) is 35.9 Å². The number of pyridine rings is 1. The molecule has 0 bridgehead atoms. The highest BCUT2D eigenvalue weighted by molar-refractivity contribution is 5.98. The zero-order valence-corrected chi connectivity index (χ0v) is 12.1. The first-order valence-electron chi connectivity index (χ1n) is 7.13. The van der Waals surface area contributed by atoms with E-state index in [0.29, 0.717) is 0 Å². The first kappa shape index (κ1) is 14.0. The number of carbonyl (C=O) groups excluding carboxylic acids is 1. The third-order valence-electron chi connectivity index (χ3n) is 4.11. The molecular formula is C15H23N3O. The number of fused-ring (bicyclic) bond motifs is 1. The highest BCUT2D eigenvalue weighted by Crippen LogP contribution is 2.40. The highest BCUT2D eigenvalue weighted by Gasteiger charge is 2.43. The first-order valence-corrected chi connectivity index (χ1v) is 7.13. The summed E-state index contributed by atoms with van der Waals surface area (Å²) in [6, 6.07) is 2.02. The molecule has 0 aliphatic carbocycles. The van der Waals surface area contributed by atoms with Gasteiger partial charge in [0.1, 0.15) is 0 Å². The Labute approximate surface area is 115 Å². The molecular weight excluding hydrogens is 238 g/mol. The lowest BCUT2D eigenvalue weighted by Gasteiger charge is -2.42. The quantitative estimate of drug-likeness (QED) is 0.779. The molecule has 0 unspecified atom stereocenters. The maximum atomic E-state index is 12.3. The van der Waals surface area contributed by atoms with Crippen molar-refractivity contribution in [2.24, 2.45) is 5.41 Å². The van der Waals surface area contributed by atoms with Gasteiger partial charge in [-0.05, 0) is 51.0 Å². The second-order valence-corrected chi connectivity index (χ2v) is 5.25. The molecule has 1 spiro atoms. The Kier molecular flexibility index (Phi) is 4.20. The maximum absolute atomic E-state index is 12.3. The fourth-order valence-electron chi connectivity index (χ4n) is 2.84. The van der Waals surface area contributed by atoms with Crippen LogP contribution in [0.2, 0.25) is 0 Å². The lowest BCUT2D eigenvalue weighted by molar-refractivity contribution is -0.128. The molecule has 0 atom stereocenters. The number of piperidine rings is 1. The largest absolute Gasteiger partial charge is 0.324 e. The van der Waals surface area contributed by atoms with Crippen LogP contribution in [0.5, 0.6) is 0 Å². The van der Waals surface area contributed by atoms with E-state index in [0.717, 1.165) is 38.0 Å². The van der Waals surface area contributed by atoms with E-state index < -0.39 is 0 Å². The van der Waals surface area contributed by atoms with Crippen LogP contribution in [0.3, 0.4) is 0 Å². The molecule has 1 amide bonds. The third-order valence-corrected chi connectivity index (χ3v) is 4.11. The molecule has 0 radical (unpaired) electrons. The Morgan fingerprint density at radius 1 is 1.32 bits per heavy atom. The van der Waals surface area contributed by atoms with Gasteiger partial charge in [-0.15, -0.1) is 0 Å². The molecule has 104 valence electrons. The summed E-state index contributed by atoms with van der Waals surface area (Å²) in [6.45, 7) is 6.02. The van der Waals surface area contributed by atoms with Crippen LogP contribution in [0.15, 0.2) is 18.5 Å². The Morgan fingerprint density at radius 3 is 2.68 bits per heavy atom. The van der Waals surface area contributed by atoms with E-state index in [1.165, 1.54) is 5.56 Å². The molecule has 0 aromatic carbocycles. The Morgan fingerprint density at radius 2 is 2.00 bits per heavy atom. The van der Waals surface area contributed by atoms with Crippen molar-refractivity contribution in [1.82, 2.24) is 9.88 Å². The molecule has 3 rings (SSSR count). The molecule has 1 N–H and O–H groups in total. The maximum Gasteiger partial charge on any atom is 0.231 e. The Hall–Kier alpha value is -1.42. The van der Waals surface area contributed by atoms with Crippen molar-refractivity contribution >= 4 is 11.6 Å². The SMILES string of the molecule is CC.CN1CCC2(CC1)Cc1ccncc1NC2=O. The van der Waals surface area contributed by atoms with Crippen LogP contribution in [-0.2, 0) is 11.2 Å². The van der Waals surface area contributed by atoms with E-state index >= 15 is 0 Å². The fourth-order valence-corrected chi connectivity index (χ4v) is 2.84. The number of nitrogens with one attached hydrogen (secondary N) is 1. The summed E-state index contributed by atoms with van der Waals surface area (Å²) in [4.78, 5) is 18.6. The van der Waals surface area contributed by atoms with Crippen LogP contribution in [0.25, 0.3) is 0 Å². The lowest BCUT2D eigenvalue weighted by Crippen LogP contribution is -2.48. The number of amides is 1. The minimum absolute atomic E-state index is 0.180. The van der Waals surface area contributed by atoms with Crippen LogP contribution in [0, 0.1) is 5.41 Å². The van der Waals surface area contributed by atoms with Crippen molar-refractivity contribution in [3.8, 4) is 0 Å². The number of hydrogen-bond acceptors (Lipinski definition) is 3. The van der Waals surface area contributed by atoms with Crippen molar-refractivity contribution in [1.29, 1.82) is 0 Å². The predicted molar refractivity (Wildman–Crippen MR) is 77.1 cm³/mol. The zero-order chi connectivity index (χ0) is 13.9. The van der Waals surface area contributed by atoms with Crippen LogP contribution < -0.4 is 5.32 Å². The second kappa shape index (κ2) is 5.70. The fraction of sp³-hybridized carbons (Fsp3) is 0.600. The van der Waals surface area contributed by atoms with Gasteiger partial charge in [-0.1, -0.05) is 13.8 Å². The minimum atomic E-state index is -0.180. The number of aromatic nitrogens is 1. The number of rotatable bonds is 0. The molecule has 4 heteroatoms. The van der Waals surface area contributed by atoms with Gasteiger partial charge in [-0.3, -0.25) is 9.78 Å². The molecule has 2 aliphatic heterocycles. The van der Waals surface area contributed by atoms with Gasteiger partial charge in [0.2, 0.25) is 5.91 Å². The predicted octanol–water partition coefficient (Wildman–Crippen LogP) is 2.31. The van der Waals surface area contributed by atoms with Gasteiger partial charge >= 0.3 is 0 Å². The van der Waals surface area contributed by atoms with Crippen LogP contribution in [0.4, 0.5) is 5.69 Å². The topological polar surface area (TPSA) is 45.2 Å². The highest BCUT2D eigenvalue weighted by atomic mass is 16.2. The van der Waals surface area contributed by atoms with Gasteiger partial charge in [-0.25, -0.2) is 0 Å². The number of nitrogens with zero attached hydrogens (tertiary/aromatic N) is 2. The number of anilines is 1. The van der Waals surface area contributed by atoms with Gasteiger partial charge in [-0.2, -0.15) is 0 Å². The summed E-state index contributed by atoms with van der Waals surface area (Å²) in [7, 11) is 2.12. The van der Waals surface area contributed by atoms with Gasteiger partial charge in [0, 0.05) is 6.20 Å². The third kappa shape index (κ3) is 2.63. The van der Waals surface area contributed by atoms with Crippen molar-refractivity contribution < 1.29 is 4.79 Å². The minimum Gasteiger partial charge on any atom is -0.324 e. The second-order valence-electron chi connectivity index (χ2n) is 5.25. The van der Waals surface area contributed by atoms with E-state index in [9.17, 15) is 4.79 Å².